The molecule has 0 saturated heterocycles. The van der Waals surface area contributed by atoms with Crippen molar-refractivity contribution >= 4 is 18.3 Å². The van der Waals surface area contributed by atoms with Crippen molar-refractivity contribution in [3.8, 4) is 0 Å². The predicted molar refractivity (Wildman–Crippen MR) is 62.5 cm³/mol. The van der Waals surface area contributed by atoms with Gasteiger partial charge in [-0.1, -0.05) is 0 Å². The lowest BCUT2D eigenvalue weighted by molar-refractivity contribution is 0.434. The average molecular weight is 225 g/mol. The van der Waals surface area contributed by atoms with Gasteiger partial charge in [0, 0.05) is 20.1 Å². The smallest absolute Gasteiger partial charge is 0.180 e. The van der Waals surface area contributed by atoms with Crippen molar-refractivity contribution in [2.75, 3.05) is 13.6 Å². The molecule has 1 aromatic heterocycles. The number of rotatable bonds is 2. The quantitative estimate of drug-likeness (QED) is 0.637. The van der Waals surface area contributed by atoms with E-state index in [9.17, 15) is 0 Å². The Morgan fingerprint density at radius 2 is 2.47 bits per heavy atom. The second kappa shape index (κ2) is 4.24. The number of nitrogens with one attached hydrogen (secondary N) is 2. The number of nitrogens with zero attached hydrogens (tertiary/aromatic N) is 3. The van der Waals surface area contributed by atoms with Gasteiger partial charge in [0.05, 0.1) is 11.7 Å². The van der Waals surface area contributed by atoms with Gasteiger partial charge in [-0.3, -0.25) is 0 Å². The number of hydrogen-bond acceptors (Lipinski definition) is 5. The summed E-state index contributed by atoms with van der Waals surface area (Å²) in [6.45, 7) is 3.94. The van der Waals surface area contributed by atoms with Crippen molar-refractivity contribution in [3.05, 3.63) is 17.1 Å². The van der Waals surface area contributed by atoms with Crippen LogP contribution in [0.2, 0.25) is 0 Å². The van der Waals surface area contributed by atoms with Crippen LogP contribution in [0.1, 0.15) is 24.6 Å². The molecule has 1 aliphatic rings. The second-order valence-corrected chi connectivity index (χ2v) is 3.76. The summed E-state index contributed by atoms with van der Waals surface area (Å²) in [7, 11) is 1.86. The van der Waals surface area contributed by atoms with E-state index in [1.165, 1.54) is 0 Å². The van der Waals surface area contributed by atoms with E-state index in [2.05, 4.69) is 45.0 Å². The molecule has 0 aromatic carbocycles. The van der Waals surface area contributed by atoms with Gasteiger partial charge in [0.15, 0.2) is 5.82 Å². The first-order valence-electron chi connectivity index (χ1n) is 4.97. The Balaban J connectivity index is 2.43. The lowest BCUT2D eigenvalue weighted by Gasteiger charge is -2.22. The summed E-state index contributed by atoms with van der Waals surface area (Å²) in [5.41, 5.74) is 0.895. The minimum Gasteiger partial charge on any atom is -0.385 e. The Morgan fingerprint density at radius 3 is 3.13 bits per heavy atom. The fourth-order valence-corrected chi connectivity index (χ4v) is 2.02. The van der Waals surface area contributed by atoms with Crippen molar-refractivity contribution in [2.45, 2.75) is 19.5 Å². The van der Waals surface area contributed by atoms with Gasteiger partial charge in [-0.05, 0) is 12.3 Å². The molecule has 0 radical (unpaired) electrons. The number of fused-ring (bicyclic) bond motifs is 1. The molecule has 5 nitrogen and oxygen atoms in total. The van der Waals surface area contributed by atoms with Crippen LogP contribution in [0, 0.1) is 0 Å². The molecule has 2 heterocycles. The fraction of sp³-hybridized carbons (Fsp3) is 0.556. The van der Waals surface area contributed by atoms with E-state index in [0.29, 0.717) is 0 Å². The highest BCUT2D eigenvalue weighted by Gasteiger charge is 2.22. The molecule has 0 bridgehead atoms. The molecular formula is C9H15N5S. The summed E-state index contributed by atoms with van der Waals surface area (Å²) in [4.78, 5) is 0. The van der Waals surface area contributed by atoms with Gasteiger partial charge in [-0.2, -0.15) is 0 Å². The summed E-state index contributed by atoms with van der Waals surface area (Å²) in [6.07, 6.45) is 0. The molecule has 1 aromatic rings. The van der Waals surface area contributed by atoms with Crippen molar-refractivity contribution in [1.29, 1.82) is 0 Å². The van der Waals surface area contributed by atoms with Crippen LogP contribution >= 0.6 is 12.6 Å². The van der Waals surface area contributed by atoms with Crippen molar-refractivity contribution < 1.29 is 0 Å². The molecule has 1 aliphatic heterocycles. The van der Waals surface area contributed by atoms with Gasteiger partial charge in [-0.25, -0.2) is 0 Å². The Hall–Kier alpha value is -1.01. The van der Waals surface area contributed by atoms with E-state index >= 15 is 0 Å². The topological polar surface area (TPSA) is 54.8 Å². The zero-order chi connectivity index (χ0) is 10.8. The SMILES string of the molecule is CN/C(=C\S)c1nnc2n1CCN[C@@H]2C. The zero-order valence-corrected chi connectivity index (χ0v) is 9.75. The highest BCUT2D eigenvalue weighted by atomic mass is 32.1. The first-order valence-corrected chi connectivity index (χ1v) is 5.48. The maximum atomic E-state index is 4.19. The van der Waals surface area contributed by atoms with Crippen molar-refractivity contribution in [2.24, 2.45) is 0 Å². The Labute approximate surface area is 94.4 Å². The first-order chi connectivity index (χ1) is 7.27. The van der Waals surface area contributed by atoms with E-state index in [4.69, 9.17) is 0 Å². The van der Waals surface area contributed by atoms with Gasteiger partial charge < -0.3 is 15.2 Å². The number of thiol groups is 1. The second-order valence-electron chi connectivity index (χ2n) is 3.50. The third-order valence-corrected chi connectivity index (χ3v) is 2.85. The molecule has 0 spiro atoms. The average Bonchev–Trinajstić information content (AvgIpc) is 2.66. The molecule has 0 aliphatic carbocycles. The Kier molecular flexibility index (Phi) is 2.97. The fourth-order valence-electron chi connectivity index (χ4n) is 1.77. The Morgan fingerprint density at radius 1 is 1.67 bits per heavy atom. The van der Waals surface area contributed by atoms with Crippen LogP contribution < -0.4 is 10.6 Å². The molecular weight excluding hydrogens is 210 g/mol. The molecule has 2 N–H and O–H groups in total. The highest BCUT2D eigenvalue weighted by molar-refractivity contribution is 7.83. The number of hydrogen-bond donors (Lipinski definition) is 3. The lowest BCUT2D eigenvalue weighted by Crippen LogP contribution is -2.32. The summed E-state index contributed by atoms with van der Waals surface area (Å²) in [6, 6.07) is 0.262. The molecule has 1 atom stereocenters. The van der Waals surface area contributed by atoms with Crippen LogP contribution in [0.15, 0.2) is 5.41 Å². The lowest BCUT2D eigenvalue weighted by atomic mass is 10.2. The Bertz CT molecular complexity index is 384. The third-order valence-electron chi connectivity index (χ3n) is 2.59. The van der Waals surface area contributed by atoms with E-state index in [-0.39, 0.29) is 6.04 Å². The number of aromatic nitrogens is 3. The van der Waals surface area contributed by atoms with Crippen LogP contribution in [-0.4, -0.2) is 28.4 Å². The molecule has 6 heteroatoms. The standard InChI is InChI=1S/C9H15N5S/c1-6-8-12-13-9(7(5-15)10-2)14(8)4-3-11-6/h5-6,10-11,15H,3-4H2,1-2H3/b7-5-/t6-/m1/s1. The van der Waals surface area contributed by atoms with Crippen LogP contribution in [-0.2, 0) is 6.54 Å². The van der Waals surface area contributed by atoms with Gasteiger partial charge in [-0.15, -0.1) is 22.8 Å². The molecule has 0 amide bonds. The van der Waals surface area contributed by atoms with E-state index in [0.717, 1.165) is 30.4 Å². The summed E-state index contributed by atoms with van der Waals surface area (Å²) < 4.78 is 2.12. The van der Waals surface area contributed by atoms with Crippen LogP contribution in [0.4, 0.5) is 0 Å². The maximum Gasteiger partial charge on any atom is 0.180 e. The largest absolute Gasteiger partial charge is 0.385 e. The van der Waals surface area contributed by atoms with Crippen LogP contribution in [0.5, 0.6) is 0 Å². The third kappa shape index (κ3) is 1.74. The minimum absolute atomic E-state index is 0.262. The van der Waals surface area contributed by atoms with E-state index in [1.807, 2.05) is 7.05 Å². The monoisotopic (exact) mass is 225 g/mol. The van der Waals surface area contributed by atoms with Gasteiger partial charge >= 0.3 is 0 Å². The first kappa shape index (κ1) is 10.5. The van der Waals surface area contributed by atoms with Crippen LogP contribution in [0.3, 0.4) is 0 Å². The van der Waals surface area contributed by atoms with Gasteiger partial charge in [0.2, 0.25) is 0 Å². The van der Waals surface area contributed by atoms with E-state index in [1.54, 1.807) is 5.41 Å². The van der Waals surface area contributed by atoms with E-state index < -0.39 is 0 Å². The van der Waals surface area contributed by atoms with Crippen molar-refractivity contribution in [3.63, 3.8) is 0 Å². The highest BCUT2D eigenvalue weighted by Crippen LogP contribution is 2.19. The summed E-state index contributed by atoms with van der Waals surface area (Å²) in [5, 5.41) is 16.5. The van der Waals surface area contributed by atoms with Gasteiger partial charge in [0.25, 0.3) is 0 Å². The molecule has 15 heavy (non-hydrogen) atoms. The minimum atomic E-state index is 0.262. The van der Waals surface area contributed by atoms with Crippen LogP contribution in [0.25, 0.3) is 5.70 Å². The zero-order valence-electron chi connectivity index (χ0n) is 8.86. The molecule has 82 valence electrons. The maximum absolute atomic E-state index is 4.19. The van der Waals surface area contributed by atoms with Crippen molar-refractivity contribution in [1.82, 2.24) is 25.4 Å². The molecule has 0 saturated carbocycles. The summed E-state index contributed by atoms with van der Waals surface area (Å²) in [5.74, 6) is 1.84. The normalized spacial score (nSPS) is 21.3. The molecule has 0 unspecified atom stereocenters. The predicted octanol–water partition coefficient (Wildman–Crippen LogP) is 0.390. The van der Waals surface area contributed by atoms with Gasteiger partial charge in [0.1, 0.15) is 5.82 Å². The molecule has 0 fully saturated rings. The molecule has 2 rings (SSSR count). The summed E-state index contributed by atoms with van der Waals surface area (Å²) >= 11 is 4.15.